The Bertz CT molecular complexity index is 703. The number of rotatable bonds is 3. The Balaban J connectivity index is 2.28. The average Bonchev–Trinajstić information content (AvgIpc) is 2.85. The van der Waals surface area contributed by atoms with Gasteiger partial charge in [0.2, 0.25) is 10.0 Å². The molecule has 2 unspecified atom stereocenters. The summed E-state index contributed by atoms with van der Waals surface area (Å²) >= 11 is 0. The molecule has 5 nitrogen and oxygen atoms in total. The SMILES string of the molecule is N#Cc1cc(S(=O)(=O)NC2CCCC2C#N)ccc1F. The van der Waals surface area contributed by atoms with Gasteiger partial charge in [0, 0.05) is 6.04 Å². The summed E-state index contributed by atoms with van der Waals surface area (Å²) in [5.74, 6) is -1.11. The Hall–Kier alpha value is -1.96. The first-order chi connectivity index (χ1) is 9.47. The first-order valence-electron chi connectivity index (χ1n) is 6.09. The molecule has 1 fully saturated rings. The first kappa shape index (κ1) is 14.4. The minimum atomic E-state index is -3.85. The molecular weight excluding hydrogens is 281 g/mol. The summed E-state index contributed by atoms with van der Waals surface area (Å²) in [6, 6.07) is 6.30. The lowest BCUT2D eigenvalue weighted by Gasteiger charge is -2.15. The highest BCUT2D eigenvalue weighted by Gasteiger charge is 2.31. The number of nitrogens with zero attached hydrogens (tertiary/aromatic N) is 2. The van der Waals surface area contributed by atoms with Crippen LogP contribution >= 0.6 is 0 Å². The smallest absolute Gasteiger partial charge is 0.207 e. The standard InChI is InChI=1S/C13H12FN3O2S/c14-12-5-4-11(6-10(12)8-16)20(18,19)17-13-3-1-2-9(13)7-15/h4-6,9,13,17H,1-3H2. The van der Waals surface area contributed by atoms with Crippen LogP contribution in [0.25, 0.3) is 0 Å². The first-order valence-corrected chi connectivity index (χ1v) is 7.58. The van der Waals surface area contributed by atoms with Crippen molar-refractivity contribution in [3.63, 3.8) is 0 Å². The topological polar surface area (TPSA) is 93.8 Å². The molecule has 20 heavy (non-hydrogen) atoms. The molecule has 0 bridgehead atoms. The molecule has 1 aliphatic rings. The normalized spacial score (nSPS) is 22.1. The van der Waals surface area contributed by atoms with Gasteiger partial charge in [-0.2, -0.15) is 10.5 Å². The van der Waals surface area contributed by atoms with Crippen LogP contribution in [0.15, 0.2) is 23.1 Å². The number of nitriles is 2. The number of nitrogens with one attached hydrogen (secondary N) is 1. The summed E-state index contributed by atoms with van der Waals surface area (Å²) in [6.07, 6.45) is 2.05. The highest BCUT2D eigenvalue weighted by molar-refractivity contribution is 7.89. The number of halogens is 1. The van der Waals surface area contributed by atoms with E-state index in [0.29, 0.717) is 12.8 Å². The van der Waals surface area contributed by atoms with Gasteiger partial charge in [-0.3, -0.25) is 0 Å². The van der Waals surface area contributed by atoms with E-state index >= 15 is 0 Å². The zero-order valence-corrected chi connectivity index (χ0v) is 11.3. The van der Waals surface area contributed by atoms with Gasteiger partial charge in [-0.1, -0.05) is 6.42 Å². The number of hydrogen-bond donors (Lipinski definition) is 1. The van der Waals surface area contributed by atoms with Gasteiger partial charge in [0.25, 0.3) is 0 Å². The molecule has 2 atom stereocenters. The molecule has 0 amide bonds. The highest BCUT2D eigenvalue weighted by Crippen LogP contribution is 2.26. The zero-order valence-electron chi connectivity index (χ0n) is 10.5. The molecule has 1 aromatic carbocycles. The van der Waals surface area contributed by atoms with E-state index in [0.717, 1.165) is 24.6 Å². The van der Waals surface area contributed by atoms with E-state index in [1.807, 2.05) is 0 Å². The lowest BCUT2D eigenvalue weighted by Crippen LogP contribution is -2.36. The molecule has 1 saturated carbocycles. The molecule has 1 N–H and O–H groups in total. The number of benzene rings is 1. The Morgan fingerprint density at radius 2 is 2.05 bits per heavy atom. The van der Waals surface area contributed by atoms with Gasteiger partial charge in [0.05, 0.1) is 22.4 Å². The van der Waals surface area contributed by atoms with Crippen molar-refractivity contribution in [3.05, 3.63) is 29.6 Å². The highest BCUT2D eigenvalue weighted by atomic mass is 32.2. The minimum absolute atomic E-state index is 0.168. The second kappa shape index (κ2) is 5.58. The Labute approximate surface area is 116 Å². The van der Waals surface area contributed by atoms with Gasteiger partial charge in [-0.25, -0.2) is 17.5 Å². The van der Waals surface area contributed by atoms with Crippen LogP contribution in [0.1, 0.15) is 24.8 Å². The Morgan fingerprint density at radius 3 is 2.70 bits per heavy atom. The summed E-state index contributed by atoms with van der Waals surface area (Å²) in [4.78, 5) is -0.168. The molecule has 0 saturated heterocycles. The van der Waals surface area contributed by atoms with Crippen LogP contribution in [0.4, 0.5) is 4.39 Å². The van der Waals surface area contributed by atoms with Gasteiger partial charge < -0.3 is 0 Å². The molecule has 2 rings (SSSR count). The fourth-order valence-electron chi connectivity index (χ4n) is 2.28. The van der Waals surface area contributed by atoms with Crippen LogP contribution in [-0.4, -0.2) is 14.5 Å². The largest absolute Gasteiger partial charge is 0.240 e. The Morgan fingerprint density at radius 1 is 1.30 bits per heavy atom. The number of hydrogen-bond acceptors (Lipinski definition) is 4. The fraction of sp³-hybridized carbons (Fsp3) is 0.385. The maximum atomic E-state index is 13.2. The summed E-state index contributed by atoms with van der Waals surface area (Å²) in [5.41, 5.74) is -0.323. The van der Waals surface area contributed by atoms with Crippen molar-refractivity contribution in [2.24, 2.45) is 5.92 Å². The second-order valence-corrected chi connectivity index (χ2v) is 6.36. The van der Waals surface area contributed by atoms with E-state index in [-0.39, 0.29) is 16.4 Å². The molecule has 1 aliphatic carbocycles. The third-order valence-electron chi connectivity index (χ3n) is 3.36. The lowest BCUT2D eigenvalue weighted by atomic mass is 10.1. The molecule has 7 heteroatoms. The molecular formula is C13H12FN3O2S. The molecule has 0 heterocycles. The summed E-state index contributed by atoms with van der Waals surface area (Å²) in [5, 5.41) is 17.7. The van der Waals surface area contributed by atoms with E-state index in [9.17, 15) is 12.8 Å². The molecule has 0 spiro atoms. The predicted molar refractivity (Wildman–Crippen MR) is 68.2 cm³/mol. The van der Waals surface area contributed by atoms with Crippen LogP contribution in [0.5, 0.6) is 0 Å². The minimum Gasteiger partial charge on any atom is -0.207 e. The maximum absolute atomic E-state index is 13.2. The van der Waals surface area contributed by atoms with Gasteiger partial charge in [-0.05, 0) is 31.0 Å². The van der Waals surface area contributed by atoms with Crippen molar-refractivity contribution in [2.45, 2.75) is 30.2 Å². The summed E-state index contributed by atoms with van der Waals surface area (Å²) in [7, 11) is -3.85. The van der Waals surface area contributed by atoms with Crippen LogP contribution in [-0.2, 0) is 10.0 Å². The third kappa shape index (κ3) is 2.79. The van der Waals surface area contributed by atoms with E-state index < -0.39 is 21.9 Å². The van der Waals surface area contributed by atoms with Crippen molar-refractivity contribution in [2.75, 3.05) is 0 Å². The lowest BCUT2D eigenvalue weighted by molar-refractivity contribution is 0.515. The van der Waals surface area contributed by atoms with Crippen LogP contribution in [0.3, 0.4) is 0 Å². The van der Waals surface area contributed by atoms with E-state index in [1.165, 1.54) is 0 Å². The van der Waals surface area contributed by atoms with Gasteiger partial charge >= 0.3 is 0 Å². The van der Waals surface area contributed by atoms with Crippen molar-refractivity contribution >= 4 is 10.0 Å². The zero-order chi connectivity index (χ0) is 14.8. The van der Waals surface area contributed by atoms with Crippen molar-refractivity contribution < 1.29 is 12.8 Å². The van der Waals surface area contributed by atoms with Crippen LogP contribution in [0, 0.1) is 34.4 Å². The molecule has 0 aliphatic heterocycles. The van der Waals surface area contributed by atoms with Crippen LogP contribution < -0.4 is 4.72 Å². The van der Waals surface area contributed by atoms with E-state index in [1.54, 1.807) is 6.07 Å². The van der Waals surface area contributed by atoms with Crippen molar-refractivity contribution in [1.82, 2.24) is 4.72 Å². The summed E-state index contributed by atoms with van der Waals surface area (Å²) < 4.78 is 40.0. The molecule has 0 radical (unpaired) electrons. The molecule has 1 aromatic rings. The van der Waals surface area contributed by atoms with E-state index in [4.69, 9.17) is 10.5 Å². The summed E-state index contributed by atoms with van der Waals surface area (Å²) in [6.45, 7) is 0. The van der Waals surface area contributed by atoms with Gasteiger partial charge in [0.15, 0.2) is 0 Å². The molecule has 104 valence electrons. The monoisotopic (exact) mass is 293 g/mol. The maximum Gasteiger partial charge on any atom is 0.240 e. The third-order valence-corrected chi connectivity index (χ3v) is 4.84. The van der Waals surface area contributed by atoms with Gasteiger partial charge in [-0.15, -0.1) is 0 Å². The Kier molecular flexibility index (Phi) is 4.03. The van der Waals surface area contributed by atoms with Crippen molar-refractivity contribution in [1.29, 1.82) is 10.5 Å². The second-order valence-electron chi connectivity index (χ2n) is 4.65. The molecule has 0 aromatic heterocycles. The fourth-order valence-corrected chi connectivity index (χ4v) is 3.62. The van der Waals surface area contributed by atoms with Gasteiger partial charge in [0.1, 0.15) is 11.9 Å². The van der Waals surface area contributed by atoms with Crippen molar-refractivity contribution in [3.8, 4) is 12.1 Å². The van der Waals surface area contributed by atoms with Crippen LogP contribution in [0.2, 0.25) is 0 Å². The number of sulfonamides is 1. The van der Waals surface area contributed by atoms with E-state index in [2.05, 4.69) is 10.8 Å². The predicted octanol–water partition coefficient (Wildman–Crippen LogP) is 1.67. The average molecular weight is 293 g/mol. The quantitative estimate of drug-likeness (QED) is 0.917.